The van der Waals surface area contributed by atoms with E-state index in [1.165, 1.54) is 16.6 Å². The summed E-state index contributed by atoms with van der Waals surface area (Å²) < 4.78 is 2.21. The summed E-state index contributed by atoms with van der Waals surface area (Å²) in [5, 5.41) is 11.4. The Bertz CT molecular complexity index is 846. The number of hydrogen-bond acceptors (Lipinski definition) is 2. The second-order valence-corrected chi connectivity index (χ2v) is 6.46. The van der Waals surface area contributed by atoms with Gasteiger partial charge in [0.1, 0.15) is 0 Å². The standard InChI is InChI=1S/C19H24N4O/c1-13(10-17-11-14(2)21-22-17)20-19(24)8-9-23-15(3)12-16-6-4-5-7-18(16)23/h4-7,11-13H,8-10H2,1-3H3,(H,20,24)(H,21,22). The largest absolute Gasteiger partial charge is 0.353 e. The van der Waals surface area contributed by atoms with Gasteiger partial charge in [-0.2, -0.15) is 5.10 Å². The second-order valence-electron chi connectivity index (χ2n) is 6.46. The first-order chi connectivity index (χ1) is 11.5. The summed E-state index contributed by atoms with van der Waals surface area (Å²) in [7, 11) is 0. The number of fused-ring (bicyclic) bond motifs is 1. The van der Waals surface area contributed by atoms with Gasteiger partial charge in [0.15, 0.2) is 0 Å². The van der Waals surface area contributed by atoms with E-state index in [0.29, 0.717) is 13.0 Å². The number of rotatable bonds is 6. The van der Waals surface area contributed by atoms with Crippen LogP contribution in [0.2, 0.25) is 0 Å². The van der Waals surface area contributed by atoms with Crippen molar-refractivity contribution in [1.29, 1.82) is 0 Å². The van der Waals surface area contributed by atoms with Crippen LogP contribution < -0.4 is 5.32 Å². The summed E-state index contributed by atoms with van der Waals surface area (Å²) in [5.74, 6) is 0.0759. The van der Waals surface area contributed by atoms with Crippen molar-refractivity contribution in [3.63, 3.8) is 0 Å². The maximum Gasteiger partial charge on any atom is 0.222 e. The molecule has 1 atom stereocenters. The molecule has 5 heteroatoms. The minimum absolute atomic E-state index is 0.0719. The number of H-pyrrole nitrogens is 1. The first-order valence-electron chi connectivity index (χ1n) is 8.38. The van der Waals surface area contributed by atoms with Gasteiger partial charge >= 0.3 is 0 Å². The van der Waals surface area contributed by atoms with E-state index in [-0.39, 0.29) is 11.9 Å². The van der Waals surface area contributed by atoms with Crippen LogP contribution in [0, 0.1) is 13.8 Å². The van der Waals surface area contributed by atoms with Crippen LogP contribution in [0.15, 0.2) is 36.4 Å². The van der Waals surface area contributed by atoms with E-state index in [2.05, 4.69) is 45.2 Å². The Hall–Kier alpha value is -2.56. The molecule has 1 unspecified atom stereocenters. The minimum atomic E-state index is 0.0719. The van der Waals surface area contributed by atoms with Crippen LogP contribution >= 0.6 is 0 Å². The van der Waals surface area contributed by atoms with Gasteiger partial charge in [-0.15, -0.1) is 0 Å². The van der Waals surface area contributed by atoms with Crippen molar-refractivity contribution in [2.24, 2.45) is 0 Å². The molecular weight excluding hydrogens is 300 g/mol. The second kappa shape index (κ2) is 6.91. The van der Waals surface area contributed by atoms with Crippen molar-refractivity contribution in [3.05, 3.63) is 53.5 Å². The molecule has 5 nitrogen and oxygen atoms in total. The van der Waals surface area contributed by atoms with Crippen LogP contribution in [0.3, 0.4) is 0 Å². The molecule has 0 bridgehead atoms. The number of nitrogens with zero attached hydrogens (tertiary/aromatic N) is 2. The zero-order valence-electron chi connectivity index (χ0n) is 14.5. The van der Waals surface area contributed by atoms with Crippen LogP contribution in [-0.4, -0.2) is 26.7 Å². The third kappa shape index (κ3) is 3.67. The first kappa shape index (κ1) is 16.3. The fourth-order valence-electron chi connectivity index (χ4n) is 3.15. The molecule has 24 heavy (non-hydrogen) atoms. The van der Waals surface area contributed by atoms with E-state index in [9.17, 15) is 4.79 Å². The number of aromatic nitrogens is 3. The number of para-hydroxylation sites is 1. The van der Waals surface area contributed by atoms with Crippen molar-refractivity contribution in [1.82, 2.24) is 20.1 Å². The van der Waals surface area contributed by atoms with Crippen LogP contribution in [-0.2, 0) is 17.8 Å². The summed E-state index contributed by atoms with van der Waals surface area (Å²) in [5.41, 5.74) is 4.39. The molecule has 0 aliphatic rings. The van der Waals surface area contributed by atoms with Crippen LogP contribution in [0.4, 0.5) is 0 Å². The molecule has 0 radical (unpaired) electrons. The molecule has 0 aliphatic carbocycles. The topological polar surface area (TPSA) is 62.7 Å². The maximum absolute atomic E-state index is 12.2. The van der Waals surface area contributed by atoms with Crippen molar-refractivity contribution >= 4 is 16.8 Å². The lowest BCUT2D eigenvalue weighted by molar-refractivity contribution is -0.121. The maximum atomic E-state index is 12.2. The fraction of sp³-hybridized carbons (Fsp3) is 0.368. The predicted octanol–water partition coefficient (Wildman–Crippen LogP) is 3.12. The minimum Gasteiger partial charge on any atom is -0.353 e. The van der Waals surface area contributed by atoms with Gasteiger partial charge in [-0.3, -0.25) is 9.89 Å². The SMILES string of the molecule is Cc1cc(CC(C)NC(=O)CCn2c(C)cc3ccccc32)n[nH]1. The predicted molar refractivity (Wildman–Crippen MR) is 95.9 cm³/mol. The van der Waals surface area contributed by atoms with E-state index in [0.717, 1.165) is 17.8 Å². The number of nitrogens with one attached hydrogen (secondary N) is 2. The van der Waals surface area contributed by atoms with Gasteiger partial charge in [0, 0.05) is 42.3 Å². The Labute approximate surface area is 142 Å². The smallest absolute Gasteiger partial charge is 0.222 e. The highest BCUT2D eigenvalue weighted by Crippen LogP contribution is 2.19. The molecule has 1 aromatic carbocycles. The van der Waals surface area contributed by atoms with Gasteiger partial charge in [-0.25, -0.2) is 0 Å². The lowest BCUT2D eigenvalue weighted by atomic mass is 10.1. The number of aromatic amines is 1. The molecule has 2 heterocycles. The molecule has 3 rings (SSSR count). The Morgan fingerprint density at radius 1 is 1.29 bits per heavy atom. The molecule has 0 saturated carbocycles. The van der Waals surface area contributed by atoms with Gasteiger partial charge in [0.2, 0.25) is 5.91 Å². The number of hydrogen-bond donors (Lipinski definition) is 2. The quantitative estimate of drug-likeness (QED) is 0.732. The first-order valence-corrected chi connectivity index (χ1v) is 8.38. The summed E-state index contributed by atoms with van der Waals surface area (Å²) in [6.45, 7) is 6.77. The third-order valence-electron chi connectivity index (χ3n) is 4.26. The molecule has 3 aromatic rings. The molecule has 0 aliphatic heterocycles. The lowest BCUT2D eigenvalue weighted by Gasteiger charge is -2.13. The number of carbonyl (C=O) groups excluding carboxylic acids is 1. The summed E-state index contributed by atoms with van der Waals surface area (Å²) >= 11 is 0. The number of benzene rings is 1. The fourth-order valence-corrected chi connectivity index (χ4v) is 3.15. The van der Waals surface area contributed by atoms with E-state index < -0.39 is 0 Å². The Kier molecular flexibility index (Phi) is 4.69. The number of aryl methyl sites for hydroxylation is 3. The van der Waals surface area contributed by atoms with Crippen LogP contribution in [0.1, 0.15) is 30.4 Å². The van der Waals surface area contributed by atoms with Gasteiger partial charge in [0.05, 0.1) is 5.69 Å². The van der Waals surface area contributed by atoms with Gasteiger partial charge in [0.25, 0.3) is 0 Å². The average molecular weight is 324 g/mol. The molecule has 0 saturated heterocycles. The van der Waals surface area contributed by atoms with E-state index in [1.807, 2.05) is 32.0 Å². The third-order valence-corrected chi connectivity index (χ3v) is 4.26. The zero-order valence-corrected chi connectivity index (χ0v) is 14.5. The number of amides is 1. The monoisotopic (exact) mass is 324 g/mol. The molecule has 2 N–H and O–H groups in total. The average Bonchev–Trinajstić information content (AvgIpc) is 3.07. The lowest BCUT2D eigenvalue weighted by Crippen LogP contribution is -2.34. The number of carbonyl (C=O) groups is 1. The highest BCUT2D eigenvalue weighted by molar-refractivity contribution is 5.81. The van der Waals surface area contributed by atoms with Crippen LogP contribution in [0.5, 0.6) is 0 Å². The highest BCUT2D eigenvalue weighted by Gasteiger charge is 2.11. The highest BCUT2D eigenvalue weighted by atomic mass is 16.1. The van der Waals surface area contributed by atoms with Crippen molar-refractivity contribution < 1.29 is 4.79 Å². The van der Waals surface area contributed by atoms with Crippen LogP contribution in [0.25, 0.3) is 10.9 Å². The van der Waals surface area contributed by atoms with Crippen molar-refractivity contribution in [2.45, 2.75) is 46.2 Å². The van der Waals surface area contributed by atoms with E-state index in [1.54, 1.807) is 0 Å². The van der Waals surface area contributed by atoms with Crippen molar-refractivity contribution in [3.8, 4) is 0 Å². The molecule has 1 amide bonds. The van der Waals surface area contributed by atoms with Gasteiger partial charge in [-0.1, -0.05) is 18.2 Å². The summed E-state index contributed by atoms with van der Waals surface area (Å²) in [6, 6.07) is 12.5. The molecular formula is C19H24N4O. The van der Waals surface area contributed by atoms with E-state index in [4.69, 9.17) is 0 Å². The molecule has 126 valence electrons. The molecule has 2 aromatic heterocycles. The summed E-state index contributed by atoms with van der Waals surface area (Å²) in [6.07, 6.45) is 1.21. The van der Waals surface area contributed by atoms with Gasteiger partial charge < -0.3 is 9.88 Å². The zero-order chi connectivity index (χ0) is 17.1. The normalized spacial score (nSPS) is 12.5. The van der Waals surface area contributed by atoms with Crippen molar-refractivity contribution in [2.75, 3.05) is 0 Å². The van der Waals surface area contributed by atoms with E-state index >= 15 is 0 Å². The molecule has 0 spiro atoms. The Morgan fingerprint density at radius 2 is 2.08 bits per heavy atom. The Balaban J connectivity index is 1.56. The molecule has 0 fully saturated rings. The van der Waals surface area contributed by atoms with Gasteiger partial charge in [-0.05, 0) is 44.4 Å². The summed E-state index contributed by atoms with van der Waals surface area (Å²) in [4.78, 5) is 12.2. The Morgan fingerprint density at radius 3 is 2.83 bits per heavy atom.